The second-order valence-electron chi connectivity index (χ2n) is 6.54. The van der Waals surface area contributed by atoms with Gasteiger partial charge in [-0.05, 0) is 55.1 Å². The zero-order valence-electron chi connectivity index (χ0n) is 14.4. The Labute approximate surface area is 161 Å². The molecule has 4 rings (SSSR count). The van der Waals surface area contributed by atoms with E-state index in [2.05, 4.69) is 32.3 Å². The summed E-state index contributed by atoms with van der Waals surface area (Å²) >= 11 is 3.44. The maximum Gasteiger partial charge on any atom is 0.259 e. The highest BCUT2D eigenvalue weighted by atomic mass is 79.9. The fourth-order valence-electron chi connectivity index (χ4n) is 3.52. The van der Waals surface area contributed by atoms with E-state index >= 15 is 0 Å². The molecule has 4 nitrogen and oxygen atoms in total. The van der Waals surface area contributed by atoms with Crippen molar-refractivity contribution in [1.82, 2.24) is 10.3 Å². The van der Waals surface area contributed by atoms with Gasteiger partial charge < -0.3 is 5.32 Å². The Balaban J connectivity index is 1.82. The van der Waals surface area contributed by atoms with Gasteiger partial charge in [-0.2, -0.15) is 0 Å². The lowest BCUT2D eigenvalue weighted by molar-refractivity contribution is 0.0972. The van der Waals surface area contributed by atoms with Crippen molar-refractivity contribution in [3.8, 4) is 0 Å². The minimum absolute atomic E-state index is 0.00458. The van der Waals surface area contributed by atoms with Gasteiger partial charge in [0.25, 0.3) is 5.91 Å². The number of halogens is 1. The van der Waals surface area contributed by atoms with Gasteiger partial charge in [-0.25, -0.2) is 4.98 Å². The fraction of sp³-hybridized carbons (Fsp3) is 0.238. The standard InChI is InChI=1S/C21H20BrN3O/c22-17-9-7-16(8-10-17)21(26)25(18-5-3-12-23-14-18)20-19-6-2-1-4-15(19)11-13-24-20/h1-2,4,6-11,13,18,23H,3,5,12,14H2/t18-/m1/s1. The maximum absolute atomic E-state index is 13.4. The van der Waals surface area contributed by atoms with Crippen LogP contribution in [0.15, 0.2) is 65.3 Å². The Morgan fingerprint density at radius 3 is 2.69 bits per heavy atom. The van der Waals surface area contributed by atoms with Gasteiger partial charge >= 0.3 is 0 Å². The van der Waals surface area contributed by atoms with E-state index in [1.807, 2.05) is 53.4 Å². The second-order valence-corrected chi connectivity index (χ2v) is 7.45. The van der Waals surface area contributed by atoms with Crippen LogP contribution in [-0.4, -0.2) is 30.0 Å². The van der Waals surface area contributed by atoms with Crippen molar-refractivity contribution >= 4 is 38.4 Å². The molecule has 0 spiro atoms. The molecule has 1 aliphatic rings. The van der Waals surface area contributed by atoms with Gasteiger partial charge in [-0.1, -0.05) is 40.2 Å². The molecular weight excluding hydrogens is 390 g/mol. The van der Waals surface area contributed by atoms with Crippen molar-refractivity contribution in [3.05, 3.63) is 70.8 Å². The van der Waals surface area contributed by atoms with Crippen LogP contribution in [0, 0.1) is 0 Å². The Morgan fingerprint density at radius 1 is 1.12 bits per heavy atom. The highest BCUT2D eigenvalue weighted by Gasteiger charge is 2.29. The zero-order valence-corrected chi connectivity index (χ0v) is 15.9. The lowest BCUT2D eigenvalue weighted by Gasteiger charge is -2.34. The van der Waals surface area contributed by atoms with Crippen molar-refractivity contribution in [2.75, 3.05) is 18.0 Å². The Bertz CT molecular complexity index is 915. The molecule has 2 heterocycles. The first-order valence-corrected chi connectivity index (χ1v) is 9.67. The number of pyridine rings is 1. The number of rotatable bonds is 3. The van der Waals surface area contributed by atoms with E-state index in [9.17, 15) is 4.79 Å². The summed E-state index contributed by atoms with van der Waals surface area (Å²) in [6.45, 7) is 1.78. The molecular formula is C21H20BrN3O. The molecule has 132 valence electrons. The zero-order chi connectivity index (χ0) is 17.9. The molecule has 0 saturated carbocycles. The number of carbonyl (C=O) groups excluding carboxylic acids is 1. The van der Waals surface area contributed by atoms with E-state index < -0.39 is 0 Å². The van der Waals surface area contributed by atoms with Gasteiger partial charge in [0.05, 0.1) is 6.04 Å². The van der Waals surface area contributed by atoms with Crippen LogP contribution in [-0.2, 0) is 0 Å². The Kier molecular flexibility index (Phi) is 5.00. The van der Waals surface area contributed by atoms with Crippen molar-refractivity contribution in [2.45, 2.75) is 18.9 Å². The molecule has 1 atom stereocenters. The molecule has 2 aromatic carbocycles. The molecule has 26 heavy (non-hydrogen) atoms. The topological polar surface area (TPSA) is 45.2 Å². The molecule has 1 fully saturated rings. The van der Waals surface area contributed by atoms with Gasteiger partial charge in [0.1, 0.15) is 5.82 Å². The number of fused-ring (bicyclic) bond motifs is 1. The third-order valence-electron chi connectivity index (χ3n) is 4.83. The number of carbonyl (C=O) groups is 1. The number of piperidine rings is 1. The molecule has 3 aromatic rings. The van der Waals surface area contributed by atoms with Crippen LogP contribution in [0.5, 0.6) is 0 Å². The van der Waals surface area contributed by atoms with Gasteiger partial charge in [-0.15, -0.1) is 0 Å². The van der Waals surface area contributed by atoms with Crippen LogP contribution in [0.2, 0.25) is 0 Å². The molecule has 5 heteroatoms. The summed E-state index contributed by atoms with van der Waals surface area (Å²) in [4.78, 5) is 19.9. The van der Waals surface area contributed by atoms with Gasteiger partial charge in [-0.3, -0.25) is 9.69 Å². The molecule has 1 amide bonds. The third-order valence-corrected chi connectivity index (χ3v) is 5.36. The van der Waals surface area contributed by atoms with Gasteiger partial charge in [0.15, 0.2) is 0 Å². The first kappa shape index (κ1) is 17.2. The van der Waals surface area contributed by atoms with Crippen LogP contribution in [0.1, 0.15) is 23.2 Å². The van der Waals surface area contributed by atoms with Crippen LogP contribution < -0.4 is 10.2 Å². The highest BCUT2D eigenvalue weighted by molar-refractivity contribution is 9.10. The average Bonchev–Trinajstić information content (AvgIpc) is 2.70. The molecule has 0 unspecified atom stereocenters. The average molecular weight is 410 g/mol. The van der Waals surface area contributed by atoms with Gasteiger partial charge in [0.2, 0.25) is 0 Å². The number of aromatic nitrogens is 1. The predicted octanol–water partition coefficient (Wildman–Crippen LogP) is 4.40. The van der Waals surface area contributed by atoms with Crippen molar-refractivity contribution in [1.29, 1.82) is 0 Å². The van der Waals surface area contributed by atoms with Crippen LogP contribution in [0.3, 0.4) is 0 Å². The van der Waals surface area contributed by atoms with Crippen LogP contribution >= 0.6 is 15.9 Å². The van der Waals surface area contributed by atoms with Gasteiger partial charge in [0, 0.05) is 28.2 Å². The molecule has 0 radical (unpaired) electrons. The Morgan fingerprint density at radius 2 is 1.92 bits per heavy atom. The van der Waals surface area contributed by atoms with E-state index in [0.29, 0.717) is 5.56 Å². The van der Waals surface area contributed by atoms with E-state index in [-0.39, 0.29) is 11.9 Å². The predicted molar refractivity (Wildman–Crippen MR) is 109 cm³/mol. The number of nitrogens with one attached hydrogen (secondary N) is 1. The normalized spacial score (nSPS) is 17.2. The van der Waals surface area contributed by atoms with E-state index in [1.54, 1.807) is 6.20 Å². The maximum atomic E-state index is 13.4. The first-order valence-electron chi connectivity index (χ1n) is 8.87. The first-order chi connectivity index (χ1) is 12.7. The van der Waals surface area contributed by atoms with E-state index in [4.69, 9.17) is 0 Å². The molecule has 1 aliphatic heterocycles. The van der Waals surface area contributed by atoms with Crippen molar-refractivity contribution < 1.29 is 4.79 Å². The molecule has 1 aromatic heterocycles. The summed E-state index contributed by atoms with van der Waals surface area (Å²) < 4.78 is 0.961. The summed E-state index contributed by atoms with van der Waals surface area (Å²) in [6, 6.07) is 17.7. The van der Waals surface area contributed by atoms with Crippen molar-refractivity contribution in [3.63, 3.8) is 0 Å². The smallest absolute Gasteiger partial charge is 0.259 e. The highest BCUT2D eigenvalue weighted by Crippen LogP contribution is 2.29. The number of nitrogens with zero attached hydrogens (tertiary/aromatic N) is 2. The Hall–Kier alpha value is -2.24. The fourth-order valence-corrected chi connectivity index (χ4v) is 3.78. The molecule has 0 bridgehead atoms. The number of benzene rings is 2. The largest absolute Gasteiger partial charge is 0.315 e. The lowest BCUT2D eigenvalue weighted by Crippen LogP contribution is -2.49. The summed E-state index contributed by atoms with van der Waals surface area (Å²) in [7, 11) is 0. The quantitative estimate of drug-likeness (QED) is 0.697. The monoisotopic (exact) mass is 409 g/mol. The molecule has 1 saturated heterocycles. The minimum Gasteiger partial charge on any atom is -0.315 e. The molecule has 0 aliphatic carbocycles. The minimum atomic E-state index is -0.00458. The molecule has 1 N–H and O–H groups in total. The van der Waals surface area contributed by atoms with Crippen LogP contribution in [0.4, 0.5) is 5.82 Å². The summed E-state index contributed by atoms with van der Waals surface area (Å²) in [5, 5.41) is 5.52. The lowest BCUT2D eigenvalue weighted by atomic mass is 10.0. The number of anilines is 1. The van der Waals surface area contributed by atoms with E-state index in [1.165, 1.54) is 0 Å². The summed E-state index contributed by atoms with van der Waals surface area (Å²) in [5.74, 6) is 0.736. The summed E-state index contributed by atoms with van der Waals surface area (Å²) in [6.07, 6.45) is 3.81. The number of hydrogen-bond acceptors (Lipinski definition) is 3. The third kappa shape index (κ3) is 3.37. The van der Waals surface area contributed by atoms with E-state index in [0.717, 1.165) is 47.0 Å². The number of amides is 1. The van der Waals surface area contributed by atoms with Crippen molar-refractivity contribution in [2.24, 2.45) is 0 Å². The number of hydrogen-bond donors (Lipinski definition) is 1. The van der Waals surface area contributed by atoms with Crippen LogP contribution in [0.25, 0.3) is 10.8 Å². The summed E-state index contributed by atoms with van der Waals surface area (Å²) in [5.41, 5.74) is 0.675. The SMILES string of the molecule is O=C(c1ccc(Br)cc1)N(c1nccc2ccccc12)[C@@H]1CCCNC1. The second kappa shape index (κ2) is 7.56.